The molecule has 0 bridgehead atoms. The smallest absolute Gasteiger partial charge is 0.281 e. The van der Waals surface area contributed by atoms with Gasteiger partial charge in [-0.2, -0.15) is 17.0 Å². The van der Waals surface area contributed by atoms with Crippen molar-refractivity contribution in [2.75, 3.05) is 50.9 Å². The second-order valence-electron chi connectivity index (χ2n) is 7.76. The number of ketones is 1. The molecule has 0 unspecified atom stereocenters. The Kier molecular flexibility index (Phi) is 6.80. The number of thioether (sulfide) groups is 1. The van der Waals surface area contributed by atoms with Gasteiger partial charge in [0, 0.05) is 68.0 Å². The standard InChI is InChI=1S/C23H26N4O3S2/c1-25(2)32(29,30)27-15-13-26(14-16-27)19-9-7-18(8-10-19)22(28)17-31-23-11-12-24-21-6-4-3-5-20(21)23/h3-12H,13-17H2,1-2H3. The minimum absolute atomic E-state index is 0.0735. The number of hydrogen-bond acceptors (Lipinski definition) is 6. The Morgan fingerprint density at radius 3 is 2.38 bits per heavy atom. The van der Waals surface area contributed by atoms with E-state index in [4.69, 9.17) is 0 Å². The molecule has 9 heteroatoms. The predicted octanol–water partition coefficient (Wildman–Crippen LogP) is 3.14. The van der Waals surface area contributed by atoms with Crippen LogP contribution >= 0.6 is 11.8 Å². The highest BCUT2D eigenvalue weighted by Gasteiger charge is 2.28. The molecule has 0 saturated carbocycles. The van der Waals surface area contributed by atoms with Crippen LogP contribution in [0.25, 0.3) is 10.9 Å². The van der Waals surface area contributed by atoms with E-state index < -0.39 is 10.2 Å². The lowest BCUT2D eigenvalue weighted by Crippen LogP contribution is -2.51. The third kappa shape index (κ3) is 4.80. The molecule has 1 aromatic heterocycles. The number of pyridine rings is 1. The van der Waals surface area contributed by atoms with Crippen LogP contribution in [0.4, 0.5) is 5.69 Å². The van der Waals surface area contributed by atoms with E-state index in [1.54, 1.807) is 20.3 Å². The zero-order valence-electron chi connectivity index (χ0n) is 18.1. The van der Waals surface area contributed by atoms with Crippen molar-refractivity contribution >= 4 is 44.3 Å². The van der Waals surface area contributed by atoms with E-state index in [0.29, 0.717) is 37.5 Å². The lowest BCUT2D eigenvalue weighted by atomic mass is 10.1. The molecule has 3 aromatic rings. The average Bonchev–Trinajstić information content (AvgIpc) is 2.82. The van der Waals surface area contributed by atoms with E-state index in [0.717, 1.165) is 21.5 Å². The Bertz CT molecular complexity index is 1200. The quantitative estimate of drug-likeness (QED) is 0.390. The first kappa shape index (κ1) is 22.7. The molecule has 0 aliphatic carbocycles. The molecule has 1 aliphatic rings. The van der Waals surface area contributed by atoms with Crippen LogP contribution in [0.3, 0.4) is 0 Å². The summed E-state index contributed by atoms with van der Waals surface area (Å²) in [6.07, 6.45) is 1.77. The zero-order chi connectivity index (χ0) is 22.7. The Morgan fingerprint density at radius 2 is 1.69 bits per heavy atom. The van der Waals surface area contributed by atoms with Gasteiger partial charge in [-0.15, -0.1) is 11.8 Å². The topological polar surface area (TPSA) is 73.8 Å². The second kappa shape index (κ2) is 9.58. The van der Waals surface area contributed by atoms with Crippen molar-refractivity contribution in [1.29, 1.82) is 0 Å². The fraction of sp³-hybridized carbons (Fsp3) is 0.304. The van der Waals surface area contributed by atoms with E-state index in [2.05, 4.69) is 9.88 Å². The number of carbonyl (C=O) groups excluding carboxylic acids is 1. The highest BCUT2D eigenvalue weighted by molar-refractivity contribution is 8.00. The van der Waals surface area contributed by atoms with Crippen molar-refractivity contribution < 1.29 is 13.2 Å². The molecule has 1 saturated heterocycles. The lowest BCUT2D eigenvalue weighted by molar-refractivity contribution is 0.102. The summed E-state index contributed by atoms with van der Waals surface area (Å²) in [6.45, 7) is 2.12. The van der Waals surface area contributed by atoms with Crippen molar-refractivity contribution in [2.24, 2.45) is 0 Å². The van der Waals surface area contributed by atoms with Crippen molar-refractivity contribution in [3.8, 4) is 0 Å². The number of anilines is 1. The molecule has 0 radical (unpaired) electrons. The Labute approximate surface area is 193 Å². The molecule has 0 N–H and O–H groups in total. The SMILES string of the molecule is CN(C)S(=O)(=O)N1CCN(c2ccc(C(=O)CSc3ccnc4ccccc34)cc2)CC1. The monoisotopic (exact) mass is 470 g/mol. The van der Waals surface area contributed by atoms with Gasteiger partial charge < -0.3 is 4.90 Å². The van der Waals surface area contributed by atoms with Gasteiger partial charge in [0.2, 0.25) is 0 Å². The third-order valence-corrected chi connectivity index (χ3v) is 8.56. The number of Topliss-reactive ketones (excluding diaryl/α,β-unsaturated/α-hetero) is 1. The van der Waals surface area contributed by atoms with Crippen molar-refractivity contribution in [1.82, 2.24) is 13.6 Å². The molecule has 32 heavy (non-hydrogen) atoms. The van der Waals surface area contributed by atoms with Crippen molar-refractivity contribution in [3.05, 3.63) is 66.4 Å². The number of benzene rings is 2. The van der Waals surface area contributed by atoms with Gasteiger partial charge in [0.25, 0.3) is 10.2 Å². The molecule has 1 fully saturated rings. The van der Waals surface area contributed by atoms with E-state index in [-0.39, 0.29) is 5.78 Å². The van der Waals surface area contributed by atoms with E-state index in [1.165, 1.54) is 20.4 Å². The number of nitrogens with zero attached hydrogens (tertiary/aromatic N) is 4. The maximum absolute atomic E-state index is 12.7. The van der Waals surface area contributed by atoms with Crippen LogP contribution in [0, 0.1) is 0 Å². The second-order valence-corrected chi connectivity index (χ2v) is 10.9. The van der Waals surface area contributed by atoms with Crippen molar-refractivity contribution in [3.63, 3.8) is 0 Å². The maximum atomic E-state index is 12.7. The number of para-hydroxylation sites is 1. The fourth-order valence-corrected chi connectivity index (χ4v) is 5.71. The minimum atomic E-state index is -3.38. The predicted molar refractivity (Wildman–Crippen MR) is 130 cm³/mol. The number of aromatic nitrogens is 1. The number of fused-ring (bicyclic) bond motifs is 1. The summed E-state index contributed by atoms with van der Waals surface area (Å²) in [5, 5.41) is 1.05. The summed E-state index contributed by atoms with van der Waals surface area (Å²) in [7, 11) is -0.281. The Balaban J connectivity index is 1.36. The van der Waals surface area contributed by atoms with E-state index in [1.807, 2.05) is 54.6 Å². The highest BCUT2D eigenvalue weighted by atomic mass is 32.2. The lowest BCUT2D eigenvalue weighted by Gasteiger charge is -2.36. The zero-order valence-corrected chi connectivity index (χ0v) is 19.8. The van der Waals surface area contributed by atoms with Gasteiger partial charge >= 0.3 is 0 Å². The van der Waals surface area contributed by atoms with Gasteiger partial charge in [0.1, 0.15) is 0 Å². The Morgan fingerprint density at radius 1 is 1.00 bits per heavy atom. The minimum Gasteiger partial charge on any atom is -0.369 e. The summed E-state index contributed by atoms with van der Waals surface area (Å²) in [4.78, 5) is 20.3. The largest absolute Gasteiger partial charge is 0.369 e. The summed E-state index contributed by atoms with van der Waals surface area (Å²) < 4.78 is 27.3. The van der Waals surface area contributed by atoms with Crippen LogP contribution in [0.1, 0.15) is 10.4 Å². The van der Waals surface area contributed by atoms with Crippen LogP contribution in [-0.4, -0.2) is 73.8 Å². The number of carbonyl (C=O) groups is 1. The third-order valence-electron chi connectivity index (χ3n) is 5.55. The highest BCUT2D eigenvalue weighted by Crippen LogP contribution is 2.27. The molecular formula is C23H26N4O3S2. The van der Waals surface area contributed by atoms with Gasteiger partial charge in [-0.3, -0.25) is 9.78 Å². The molecule has 2 heterocycles. The van der Waals surface area contributed by atoms with Crippen molar-refractivity contribution in [2.45, 2.75) is 4.90 Å². The first-order valence-electron chi connectivity index (χ1n) is 10.4. The summed E-state index contributed by atoms with van der Waals surface area (Å²) in [5.41, 5.74) is 2.59. The molecule has 0 amide bonds. The van der Waals surface area contributed by atoms with Crippen LogP contribution < -0.4 is 4.90 Å². The maximum Gasteiger partial charge on any atom is 0.281 e. The van der Waals surface area contributed by atoms with Gasteiger partial charge in [0.15, 0.2) is 5.78 Å². The number of piperazine rings is 1. The van der Waals surface area contributed by atoms with Gasteiger partial charge in [-0.25, -0.2) is 0 Å². The molecule has 4 rings (SSSR count). The molecule has 1 aliphatic heterocycles. The fourth-order valence-electron chi connectivity index (χ4n) is 3.69. The van der Waals surface area contributed by atoms with E-state index >= 15 is 0 Å². The number of hydrogen-bond donors (Lipinski definition) is 0. The molecule has 168 valence electrons. The van der Waals surface area contributed by atoms with Gasteiger partial charge in [-0.05, 0) is 36.4 Å². The molecule has 0 spiro atoms. The number of rotatable bonds is 7. The normalized spacial score (nSPS) is 15.4. The summed E-state index contributed by atoms with van der Waals surface area (Å²) >= 11 is 1.52. The summed E-state index contributed by atoms with van der Waals surface area (Å²) in [5.74, 6) is 0.429. The van der Waals surface area contributed by atoms with Crippen LogP contribution in [0.5, 0.6) is 0 Å². The first-order chi connectivity index (χ1) is 15.4. The first-order valence-corrected chi connectivity index (χ1v) is 12.8. The molecular weight excluding hydrogens is 444 g/mol. The van der Waals surface area contributed by atoms with Crippen LogP contribution in [-0.2, 0) is 10.2 Å². The summed E-state index contributed by atoms with van der Waals surface area (Å²) in [6, 6.07) is 17.5. The average molecular weight is 471 g/mol. The van der Waals surface area contributed by atoms with Crippen LogP contribution in [0.15, 0.2) is 65.7 Å². The molecule has 0 atom stereocenters. The molecule has 2 aromatic carbocycles. The van der Waals surface area contributed by atoms with E-state index in [9.17, 15) is 13.2 Å². The molecule has 7 nitrogen and oxygen atoms in total. The van der Waals surface area contributed by atoms with Gasteiger partial charge in [-0.1, -0.05) is 18.2 Å². The van der Waals surface area contributed by atoms with Crippen LogP contribution in [0.2, 0.25) is 0 Å². The van der Waals surface area contributed by atoms with Gasteiger partial charge in [0.05, 0.1) is 11.3 Å². The Hall–Kier alpha value is -2.46.